The SMILES string of the molecule is CN(Cc1ccc(C(=O)NC(CCC(=O)O)C(=O)O)cc1)c1ccc2nc(N)nc(N)c2c1. The first kappa shape index (κ1) is 23.3. The Bertz CT molecular complexity index is 1200. The van der Waals surface area contributed by atoms with Gasteiger partial charge in [-0.15, -0.1) is 0 Å². The van der Waals surface area contributed by atoms with Crippen LogP contribution in [-0.2, 0) is 16.1 Å². The van der Waals surface area contributed by atoms with E-state index in [1.54, 1.807) is 24.3 Å². The second-order valence-electron chi connectivity index (χ2n) is 7.52. The van der Waals surface area contributed by atoms with Crippen LogP contribution in [0.2, 0.25) is 0 Å². The predicted molar refractivity (Wildman–Crippen MR) is 123 cm³/mol. The Morgan fingerprint density at radius 3 is 2.39 bits per heavy atom. The van der Waals surface area contributed by atoms with Crippen molar-refractivity contribution in [1.29, 1.82) is 0 Å². The van der Waals surface area contributed by atoms with Gasteiger partial charge in [0.05, 0.1) is 5.52 Å². The van der Waals surface area contributed by atoms with E-state index in [9.17, 15) is 19.5 Å². The number of carbonyl (C=O) groups is 3. The van der Waals surface area contributed by atoms with Crippen LogP contribution in [0.15, 0.2) is 42.5 Å². The number of fused-ring (bicyclic) bond motifs is 1. The number of nitrogens with two attached hydrogens (primary N) is 2. The van der Waals surface area contributed by atoms with E-state index in [-0.39, 0.29) is 24.4 Å². The van der Waals surface area contributed by atoms with Gasteiger partial charge in [-0.1, -0.05) is 12.1 Å². The molecule has 172 valence electrons. The summed E-state index contributed by atoms with van der Waals surface area (Å²) in [7, 11) is 1.90. The molecule has 0 bridgehead atoms. The molecule has 3 rings (SSSR count). The lowest BCUT2D eigenvalue weighted by Gasteiger charge is -2.20. The van der Waals surface area contributed by atoms with Gasteiger partial charge >= 0.3 is 11.9 Å². The molecule has 1 heterocycles. The zero-order valence-electron chi connectivity index (χ0n) is 17.9. The van der Waals surface area contributed by atoms with E-state index in [0.717, 1.165) is 11.3 Å². The molecule has 1 unspecified atom stereocenters. The number of anilines is 3. The molecule has 1 atom stereocenters. The van der Waals surface area contributed by atoms with Crippen molar-refractivity contribution in [3.05, 3.63) is 53.6 Å². The molecule has 1 amide bonds. The first-order chi connectivity index (χ1) is 15.6. The first-order valence-corrected chi connectivity index (χ1v) is 10.0. The molecule has 33 heavy (non-hydrogen) atoms. The number of carboxylic acids is 2. The van der Waals surface area contributed by atoms with Gasteiger partial charge in [0.2, 0.25) is 5.95 Å². The second-order valence-corrected chi connectivity index (χ2v) is 7.52. The Morgan fingerprint density at radius 1 is 1.06 bits per heavy atom. The number of aliphatic carboxylic acids is 2. The topological polar surface area (TPSA) is 185 Å². The van der Waals surface area contributed by atoms with Crippen LogP contribution in [0.1, 0.15) is 28.8 Å². The van der Waals surface area contributed by atoms with Crippen LogP contribution < -0.4 is 21.7 Å². The molecule has 1 aromatic heterocycles. The van der Waals surface area contributed by atoms with Crippen LogP contribution >= 0.6 is 0 Å². The molecule has 0 saturated heterocycles. The molecule has 11 nitrogen and oxygen atoms in total. The summed E-state index contributed by atoms with van der Waals surface area (Å²) in [6, 6.07) is 11.0. The van der Waals surface area contributed by atoms with Crippen molar-refractivity contribution >= 4 is 46.2 Å². The maximum atomic E-state index is 12.4. The third-order valence-corrected chi connectivity index (χ3v) is 5.05. The number of carbonyl (C=O) groups excluding carboxylic acids is 1. The molecule has 0 radical (unpaired) electrons. The number of aromatic nitrogens is 2. The minimum atomic E-state index is -1.29. The zero-order valence-corrected chi connectivity index (χ0v) is 17.9. The summed E-state index contributed by atoms with van der Waals surface area (Å²) >= 11 is 0. The minimum absolute atomic E-state index is 0.113. The van der Waals surface area contributed by atoms with Crippen molar-refractivity contribution in [3.63, 3.8) is 0 Å². The minimum Gasteiger partial charge on any atom is -0.481 e. The van der Waals surface area contributed by atoms with Crippen LogP contribution in [-0.4, -0.2) is 51.1 Å². The van der Waals surface area contributed by atoms with E-state index in [1.807, 2.05) is 30.1 Å². The van der Waals surface area contributed by atoms with Crippen molar-refractivity contribution in [2.24, 2.45) is 0 Å². The average Bonchev–Trinajstić information content (AvgIpc) is 2.76. The highest BCUT2D eigenvalue weighted by Crippen LogP contribution is 2.25. The summed E-state index contributed by atoms with van der Waals surface area (Å²) in [5.41, 5.74) is 14.3. The van der Waals surface area contributed by atoms with Crippen molar-refractivity contribution in [3.8, 4) is 0 Å². The molecule has 2 aromatic carbocycles. The maximum absolute atomic E-state index is 12.4. The summed E-state index contributed by atoms with van der Waals surface area (Å²) < 4.78 is 0. The van der Waals surface area contributed by atoms with Gasteiger partial charge in [0.25, 0.3) is 5.91 Å². The van der Waals surface area contributed by atoms with E-state index in [1.165, 1.54) is 0 Å². The van der Waals surface area contributed by atoms with Gasteiger partial charge in [0, 0.05) is 36.7 Å². The van der Waals surface area contributed by atoms with Gasteiger partial charge in [-0.2, -0.15) is 4.98 Å². The smallest absolute Gasteiger partial charge is 0.326 e. The molecule has 0 aliphatic rings. The van der Waals surface area contributed by atoms with Crippen molar-refractivity contribution in [1.82, 2.24) is 15.3 Å². The third kappa shape index (κ3) is 5.85. The molecule has 7 N–H and O–H groups in total. The van der Waals surface area contributed by atoms with Gasteiger partial charge in [-0.05, 0) is 42.3 Å². The molecular weight excluding hydrogens is 428 g/mol. The molecule has 0 aliphatic heterocycles. The van der Waals surface area contributed by atoms with Crippen molar-refractivity contribution in [2.45, 2.75) is 25.4 Å². The van der Waals surface area contributed by atoms with Gasteiger partial charge in [0.1, 0.15) is 11.9 Å². The van der Waals surface area contributed by atoms with E-state index in [4.69, 9.17) is 16.6 Å². The van der Waals surface area contributed by atoms with E-state index in [2.05, 4.69) is 15.3 Å². The van der Waals surface area contributed by atoms with Crippen LogP contribution in [0.25, 0.3) is 10.9 Å². The largest absolute Gasteiger partial charge is 0.481 e. The molecule has 0 fully saturated rings. The second kappa shape index (κ2) is 9.81. The molecule has 0 spiro atoms. The third-order valence-electron chi connectivity index (χ3n) is 5.05. The molecule has 11 heteroatoms. The molecule has 0 saturated carbocycles. The van der Waals surface area contributed by atoms with Crippen LogP contribution in [0, 0.1) is 0 Å². The van der Waals surface area contributed by atoms with Gasteiger partial charge in [-0.25, -0.2) is 9.78 Å². The number of hydrogen-bond donors (Lipinski definition) is 5. The Hall–Kier alpha value is -4.41. The highest BCUT2D eigenvalue weighted by Gasteiger charge is 2.21. The van der Waals surface area contributed by atoms with E-state index >= 15 is 0 Å². The highest BCUT2D eigenvalue weighted by atomic mass is 16.4. The van der Waals surface area contributed by atoms with Crippen LogP contribution in [0.5, 0.6) is 0 Å². The first-order valence-electron chi connectivity index (χ1n) is 10.0. The summed E-state index contributed by atoms with van der Waals surface area (Å²) in [6.07, 6.45) is -0.560. The van der Waals surface area contributed by atoms with E-state index in [0.29, 0.717) is 23.3 Å². The number of nitrogen functional groups attached to an aromatic ring is 2. The quantitative estimate of drug-likeness (QED) is 0.318. The normalized spacial score (nSPS) is 11.7. The number of nitrogens with one attached hydrogen (secondary N) is 1. The predicted octanol–water partition coefficient (Wildman–Crippen LogP) is 1.48. The number of nitrogens with zero attached hydrogens (tertiary/aromatic N) is 3. The zero-order chi connectivity index (χ0) is 24.1. The fourth-order valence-electron chi connectivity index (χ4n) is 3.29. The van der Waals surface area contributed by atoms with Gasteiger partial charge in [0.15, 0.2) is 0 Å². The Kier molecular flexibility index (Phi) is 6.91. The summed E-state index contributed by atoms with van der Waals surface area (Å²) in [4.78, 5) is 44.5. The average molecular weight is 452 g/mol. The summed E-state index contributed by atoms with van der Waals surface area (Å²) in [5, 5.41) is 21.0. The van der Waals surface area contributed by atoms with Crippen molar-refractivity contribution in [2.75, 3.05) is 23.4 Å². The Balaban J connectivity index is 1.67. The number of hydrogen-bond acceptors (Lipinski definition) is 8. The van der Waals surface area contributed by atoms with Gasteiger partial charge < -0.3 is 31.9 Å². The van der Waals surface area contributed by atoms with Crippen LogP contribution in [0.3, 0.4) is 0 Å². The standard InChI is InChI=1S/C22H24N6O5/c1-28(14-6-7-16-15(10-14)19(23)27-22(24)26-16)11-12-2-4-13(5-3-12)20(31)25-17(21(32)33)8-9-18(29)30/h2-7,10,17H,8-9,11H2,1H3,(H,25,31)(H,29,30)(H,32,33)(H4,23,24,26,27). The number of carboxylic acid groups (broad SMARTS) is 2. The number of rotatable bonds is 9. The number of amides is 1. The fourth-order valence-corrected chi connectivity index (χ4v) is 3.29. The van der Waals surface area contributed by atoms with E-state index < -0.39 is 23.9 Å². The molecule has 3 aromatic rings. The Labute approximate surface area is 189 Å². The lowest BCUT2D eigenvalue weighted by Crippen LogP contribution is -2.41. The molecule has 0 aliphatic carbocycles. The highest BCUT2D eigenvalue weighted by molar-refractivity contribution is 5.96. The lowest BCUT2D eigenvalue weighted by molar-refractivity contribution is -0.140. The summed E-state index contributed by atoms with van der Waals surface area (Å²) in [6.45, 7) is 0.527. The van der Waals surface area contributed by atoms with Crippen molar-refractivity contribution < 1.29 is 24.6 Å². The van der Waals surface area contributed by atoms with Crippen LogP contribution in [0.4, 0.5) is 17.5 Å². The fraction of sp³-hybridized carbons (Fsp3) is 0.227. The number of benzene rings is 2. The monoisotopic (exact) mass is 452 g/mol. The van der Waals surface area contributed by atoms with Gasteiger partial charge in [-0.3, -0.25) is 9.59 Å². The summed E-state index contributed by atoms with van der Waals surface area (Å²) in [5.74, 6) is -2.59. The molecular formula is C22H24N6O5. The lowest BCUT2D eigenvalue weighted by atomic mass is 10.1. The Morgan fingerprint density at radius 2 is 1.76 bits per heavy atom. The maximum Gasteiger partial charge on any atom is 0.326 e.